The van der Waals surface area contributed by atoms with Gasteiger partial charge in [-0.1, -0.05) is 60.7 Å². The van der Waals surface area contributed by atoms with Gasteiger partial charge in [0, 0.05) is 58.2 Å². The Kier molecular flexibility index (Phi) is 7.83. The summed E-state index contributed by atoms with van der Waals surface area (Å²) in [5, 5.41) is 0. The Morgan fingerprint density at radius 1 is 0.229 bits per heavy atom. The van der Waals surface area contributed by atoms with Gasteiger partial charge in [-0.05, 0) is 102 Å². The minimum Gasteiger partial charge on any atom is -0.256 e. The molecule has 0 bridgehead atoms. The molecule has 0 atom stereocenters. The van der Waals surface area contributed by atoms with Gasteiger partial charge in [0.2, 0.25) is 0 Å². The molecule has 3 aromatic carbocycles. The topological polar surface area (TPSA) is 64.5 Å². The van der Waals surface area contributed by atoms with E-state index in [1.807, 2.05) is 97.6 Å². The van der Waals surface area contributed by atoms with Gasteiger partial charge in [-0.2, -0.15) is 0 Å². The van der Waals surface area contributed by atoms with E-state index >= 15 is 0 Å². The fraction of sp³-hybridized carbons (Fsp3) is 0. The predicted octanol–water partition coefficient (Wildman–Crippen LogP) is 10.3. The first-order valence-electron chi connectivity index (χ1n) is 15.8. The fourth-order valence-corrected chi connectivity index (χ4v) is 5.89. The lowest BCUT2D eigenvalue weighted by Crippen LogP contribution is -1.94. The van der Waals surface area contributed by atoms with Gasteiger partial charge in [-0.15, -0.1) is 0 Å². The van der Waals surface area contributed by atoms with Crippen LogP contribution in [0.25, 0.3) is 78.7 Å². The standard InChI is InChI=1S/C43H29N5/c1-5-19-44-38(15-1)30-11-9-13-32(23-30)42-28-35(29-43(48-42)33-14-10-12-31(24-33)39-16-2-6-20-45-39)34-25-36(40-17-3-7-21-46-40)27-37(26-34)41-18-4-8-22-47-41/h1-29H. The van der Waals surface area contributed by atoms with Crippen LogP contribution in [0.5, 0.6) is 0 Å². The molecule has 0 aliphatic heterocycles. The lowest BCUT2D eigenvalue weighted by atomic mass is 9.94. The molecule has 0 spiro atoms. The van der Waals surface area contributed by atoms with Gasteiger partial charge in [0.05, 0.1) is 34.2 Å². The van der Waals surface area contributed by atoms with Crippen LogP contribution in [-0.4, -0.2) is 24.9 Å². The number of pyridine rings is 5. The summed E-state index contributed by atoms with van der Waals surface area (Å²) in [6.07, 6.45) is 7.30. The van der Waals surface area contributed by atoms with Crippen LogP contribution in [0.3, 0.4) is 0 Å². The molecule has 8 rings (SSSR count). The van der Waals surface area contributed by atoms with E-state index < -0.39 is 0 Å². The maximum atomic E-state index is 5.26. The van der Waals surface area contributed by atoms with Crippen molar-refractivity contribution in [3.63, 3.8) is 0 Å². The van der Waals surface area contributed by atoms with E-state index in [1.54, 1.807) is 0 Å². The van der Waals surface area contributed by atoms with E-state index in [0.29, 0.717) is 0 Å². The van der Waals surface area contributed by atoms with Gasteiger partial charge >= 0.3 is 0 Å². The monoisotopic (exact) mass is 615 g/mol. The highest BCUT2D eigenvalue weighted by Crippen LogP contribution is 2.36. The molecule has 0 N–H and O–H groups in total. The first-order chi connectivity index (χ1) is 23.8. The van der Waals surface area contributed by atoms with E-state index in [1.165, 1.54) is 0 Å². The normalized spacial score (nSPS) is 10.9. The molecule has 5 aromatic heterocycles. The molecule has 0 saturated heterocycles. The first-order valence-corrected chi connectivity index (χ1v) is 15.8. The van der Waals surface area contributed by atoms with E-state index in [9.17, 15) is 0 Å². The molecule has 0 unspecified atom stereocenters. The molecule has 0 aliphatic carbocycles. The lowest BCUT2D eigenvalue weighted by Gasteiger charge is -2.14. The lowest BCUT2D eigenvalue weighted by molar-refractivity contribution is 1.30. The van der Waals surface area contributed by atoms with Gasteiger partial charge in [0.15, 0.2) is 0 Å². The smallest absolute Gasteiger partial charge is 0.0715 e. The van der Waals surface area contributed by atoms with Crippen molar-refractivity contribution < 1.29 is 0 Å². The zero-order valence-corrected chi connectivity index (χ0v) is 26.0. The summed E-state index contributed by atoms with van der Waals surface area (Å²) in [7, 11) is 0. The summed E-state index contributed by atoms with van der Waals surface area (Å²) in [4.78, 5) is 23.8. The summed E-state index contributed by atoms with van der Waals surface area (Å²) >= 11 is 0. The zero-order valence-electron chi connectivity index (χ0n) is 26.0. The first kappa shape index (κ1) is 28.9. The van der Waals surface area contributed by atoms with E-state index in [4.69, 9.17) is 4.98 Å². The van der Waals surface area contributed by atoms with Crippen molar-refractivity contribution in [3.05, 3.63) is 176 Å². The van der Waals surface area contributed by atoms with Crippen LogP contribution in [0.15, 0.2) is 176 Å². The van der Waals surface area contributed by atoms with E-state index in [0.717, 1.165) is 78.7 Å². The Balaban J connectivity index is 1.33. The number of hydrogen-bond acceptors (Lipinski definition) is 5. The second-order valence-electron chi connectivity index (χ2n) is 11.4. The van der Waals surface area contributed by atoms with E-state index in [-0.39, 0.29) is 0 Å². The molecule has 226 valence electrons. The van der Waals surface area contributed by atoms with Crippen LogP contribution in [0.2, 0.25) is 0 Å². The Labute approximate surface area is 279 Å². The van der Waals surface area contributed by atoms with Crippen molar-refractivity contribution in [2.75, 3.05) is 0 Å². The largest absolute Gasteiger partial charge is 0.256 e. The quantitative estimate of drug-likeness (QED) is 0.178. The second-order valence-corrected chi connectivity index (χ2v) is 11.4. The van der Waals surface area contributed by atoms with Crippen molar-refractivity contribution in [3.8, 4) is 78.7 Å². The molecule has 48 heavy (non-hydrogen) atoms. The van der Waals surface area contributed by atoms with Crippen molar-refractivity contribution in [1.82, 2.24) is 24.9 Å². The molecule has 5 heteroatoms. The SMILES string of the molecule is c1ccc(-c2cc(-c3cc(-c4cccc(-c5ccccn5)c4)nc(-c4cccc(-c5ccccn5)c4)c3)cc(-c3ccccn3)c2)nc1. The summed E-state index contributed by atoms with van der Waals surface area (Å²) in [6.45, 7) is 0. The molecule has 0 amide bonds. The predicted molar refractivity (Wildman–Crippen MR) is 193 cm³/mol. The van der Waals surface area contributed by atoms with Gasteiger partial charge in [0.1, 0.15) is 0 Å². The summed E-state index contributed by atoms with van der Waals surface area (Å²) < 4.78 is 0. The van der Waals surface area contributed by atoms with Crippen LogP contribution >= 0.6 is 0 Å². The van der Waals surface area contributed by atoms with Crippen molar-refractivity contribution in [2.24, 2.45) is 0 Å². The Morgan fingerprint density at radius 3 is 0.917 bits per heavy atom. The van der Waals surface area contributed by atoms with Crippen LogP contribution in [0, 0.1) is 0 Å². The fourth-order valence-electron chi connectivity index (χ4n) is 5.89. The summed E-state index contributed by atoms with van der Waals surface area (Å²) in [5.41, 5.74) is 13.6. The van der Waals surface area contributed by atoms with Gasteiger partial charge in [-0.3, -0.25) is 19.9 Å². The Morgan fingerprint density at radius 2 is 0.542 bits per heavy atom. The van der Waals surface area contributed by atoms with Crippen molar-refractivity contribution in [1.29, 1.82) is 0 Å². The Hall–Kier alpha value is -6.59. The molecule has 0 radical (unpaired) electrons. The second kappa shape index (κ2) is 13.0. The highest BCUT2D eigenvalue weighted by molar-refractivity contribution is 5.84. The maximum Gasteiger partial charge on any atom is 0.0715 e. The maximum absolute atomic E-state index is 5.26. The summed E-state index contributed by atoms with van der Waals surface area (Å²) in [6, 6.07) is 51.7. The minimum absolute atomic E-state index is 0.867. The number of aromatic nitrogens is 5. The molecule has 8 aromatic rings. The van der Waals surface area contributed by atoms with Crippen LogP contribution in [0.1, 0.15) is 0 Å². The molecule has 0 saturated carbocycles. The molecular weight excluding hydrogens is 587 g/mol. The third-order valence-corrected chi connectivity index (χ3v) is 8.25. The minimum atomic E-state index is 0.867. The third kappa shape index (κ3) is 6.13. The van der Waals surface area contributed by atoms with Crippen LogP contribution < -0.4 is 0 Å². The van der Waals surface area contributed by atoms with Gasteiger partial charge in [0.25, 0.3) is 0 Å². The van der Waals surface area contributed by atoms with Crippen molar-refractivity contribution >= 4 is 0 Å². The van der Waals surface area contributed by atoms with Crippen molar-refractivity contribution in [2.45, 2.75) is 0 Å². The molecule has 5 heterocycles. The molecule has 0 aliphatic rings. The number of nitrogens with zero attached hydrogens (tertiary/aromatic N) is 5. The third-order valence-electron chi connectivity index (χ3n) is 8.25. The van der Waals surface area contributed by atoms with Crippen LogP contribution in [0.4, 0.5) is 0 Å². The average Bonchev–Trinajstić information content (AvgIpc) is 3.19. The molecule has 5 nitrogen and oxygen atoms in total. The highest BCUT2D eigenvalue weighted by atomic mass is 14.7. The number of benzene rings is 3. The zero-order chi connectivity index (χ0) is 32.1. The summed E-state index contributed by atoms with van der Waals surface area (Å²) in [5.74, 6) is 0. The van der Waals surface area contributed by atoms with Crippen LogP contribution in [-0.2, 0) is 0 Å². The number of hydrogen-bond donors (Lipinski definition) is 0. The van der Waals surface area contributed by atoms with E-state index in [2.05, 4.69) is 98.8 Å². The Bertz CT molecular complexity index is 2170. The molecule has 0 fully saturated rings. The molecular formula is C43H29N5. The van der Waals surface area contributed by atoms with Gasteiger partial charge < -0.3 is 0 Å². The van der Waals surface area contributed by atoms with Gasteiger partial charge in [-0.25, -0.2) is 4.98 Å². The highest BCUT2D eigenvalue weighted by Gasteiger charge is 2.14. The average molecular weight is 616 g/mol. The number of rotatable bonds is 7.